The van der Waals surface area contributed by atoms with Crippen LogP contribution in [0.4, 0.5) is 28.4 Å². The highest BCUT2D eigenvalue weighted by Crippen LogP contribution is 2.36. The monoisotopic (exact) mass is 532 g/mol. The van der Waals surface area contributed by atoms with E-state index in [0.717, 1.165) is 40.6 Å². The summed E-state index contributed by atoms with van der Waals surface area (Å²) in [6, 6.07) is 48.7. The van der Waals surface area contributed by atoms with Crippen LogP contribution in [0.2, 0.25) is 0 Å². The molecule has 5 aromatic carbocycles. The summed E-state index contributed by atoms with van der Waals surface area (Å²) in [5.74, 6) is 2.43. The molecule has 202 valence electrons. The number of hydrogen-bond acceptors (Lipinski definition) is 2. The molecule has 0 saturated carbocycles. The van der Waals surface area contributed by atoms with Crippen molar-refractivity contribution in [1.29, 1.82) is 0 Å². The zero-order chi connectivity index (χ0) is 28.9. The zero-order valence-electron chi connectivity index (χ0n) is 23.8. The van der Waals surface area contributed by atoms with Gasteiger partial charge in [-0.05, 0) is 84.8 Å². The summed E-state index contributed by atoms with van der Waals surface area (Å²) in [6.45, 7) is 8.24. The lowest BCUT2D eigenvalue weighted by atomic mass is 10.0. The fourth-order valence-electron chi connectivity index (χ4n) is 4.53. The van der Waals surface area contributed by atoms with Gasteiger partial charge in [0.05, 0.1) is 0 Å². The molecule has 0 N–H and O–H groups in total. The van der Waals surface area contributed by atoms with Gasteiger partial charge in [0.25, 0.3) is 0 Å². The number of benzene rings is 5. The Kier molecular flexibility index (Phi) is 10.4. The van der Waals surface area contributed by atoms with E-state index < -0.39 is 0 Å². The van der Waals surface area contributed by atoms with E-state index in [-0.39, 0.29) is 0 Å². The first kappa shape index (κ1) is 28.7. The summed E-state index contributed by atoms with van der Waals surface area (Å²) in [7, 11) is 0. The molecule has 0 spiro atoms. The predicted octanol–water partition coefficient (Wildman–Crippen LogP) is 11.1. The highest BCUT2D eigenvalue weighted by molar-refractivity contribution is 5.79. The Balaban J connectivity index is 0.000000909. The Morgan fingerprint density at radius 2 is 0.951 bits per heavy atom. The molecule has 0 bridgehead atoms. The van der Waals surface area contributed by atoms with Crippen LogP contribution in [0.25, 0.3) is 11.1 Å². The van der Waals surface area contributed by atoms with Crippen LogP contribution in [0.1, 0.15) is 20.3 Å². The fraction of sp³-hybridized carbons (Fsp3) is 0.0769. The van der Waals surface area contributed by atoms with E-state index in [1.165, 1.54) is 11.1 Å². The summed E-state index contributed by atoms with van der Waals surface area (Å²) < 4.78 is 0. The van der Waals surface area contributed by atoms with Crippen LogP contribution in [0.5, 0.6) is 0 Å². The van der Waals surface area contributed by atoms with Crippen molar-refractivity contribution >= 4 is 28.4 Å². The first-order valence-electron chi connectivity index (χ1n) is 13.9. The van der Waals surface area contributed by atoms with Crippen LogP contribution in [-0.4, -0.2) is 0 Å². The number of nitrogens with zero attached hydrogens (tertiary/aromatic N) is 2. The molecule has 5 rings (SSSR count). The molecule has 0 heterocycles. The standard InChI is InChI=1S/C35H30N2.C4H6/c1-3-13-28(2)36(31-14-7-4-8-15-31)34-24-20-29(21-25-34)30-22-26-35(27-23-30)37(32-16-9-5-10-17-32)33-18-11-6-12-19-33;1-3-4-2/h3-27H,2H2,1H3;1H,4H2,2H3/b13-3-;. The van der Waals surface area contributed by atoms with E-state index in [2.05, 4.69) is 144 Å². The number of rotatable bonds is 8. The summed E-state index contributed by atoms with van der Waals surface area (Å²) in [5, 5.41) is 0. The molecule has 0 radical (unpaired) electrons. The lowest BCUT2D eigenvalue weighted by molar-refractivity contribution is 1.22. The van der Waals surface area contributed by atoms with E-state index >= 15 is 0 Å². The minimum absolute atomic E-state index is 0.847. The molecule has 0 aliphatic rings. The molecule has 0 saturated heterocycles. The summed E-state index contributed by atoms with van der Waals surface area (Å²) in [4.78, 5) is 4.45. The molecule has 0 aliphatic carbocycles. The van der Waals surface area contributed by atoms with Gasteiger partial charge in [-0.1, -0.05) is 98.4 Å². The lowest BCUT2D eigenvalue weighted by Crippen LogP contribution is -2.14. The fourth-order valence-corrected chi connectivity index (χ4v) is 4.53. The summed E-state index contributed by atoms with van der Waals surface area (Å²) in [6.07, 6.45) is 9.67. The third-order valence-corrected chi connectivity index (χ3v) is 6.48. The van der Waals surface area contributed by atoms with Gasteiger partial charge in [-0.3, -0.25) is 0 Å². The topological polar surface area (TPSA) is 6.48 Å². The van der Waals surface area contributed by atoms with Gasteiger partial charge in [-0.2, -0.15) is 0 Å². The Morgan fingerprint density at radius 1 is 0.610 bits per heavy atom. The third-order valence-electron chi connectivity index (χ3n) is 6.48. The molecule has 0 amide bonds. The van der Waals surface area contributed by atoms with Gasteiger partial charge in [0.2, 0.25) is 0 Å². The first-order chi connectivity index (χ1) is 20.2. The zero-order valence-corrected chi connectivity index (χ0v) is 23.8. The first-order valence-corrected chi connectivity index (χ1v) is 13.9. The molecule has 5 aromatic rings. The molecule has 2 heteroatoms. The predicted molar refractivity (Wildman–Crippen MR) is 178 cm³/mol. The second-order valence-corrected chi connectivity index (χ2v) is 9.32. The van der Waals surface area contributed by atoms with Gasteiger partial charge >= 0.3 is 0 Å². The Bertz CT molecular complexity index is 1520. The molecule has 0 aromatic heterocycles. The minimum atomic E-state index is 0.847. The number of hydrogen-bond donors (Lipinski definition) is 0. The Labute approximate surface area is 245 Å². The maximum absolute atomic E-state index is 4.78. The maximum Gasteiger partial charge on any atom is 0.0462 e. The second kappa shape index (κ2) is 14.8. The molecule has 0 aliphatic heterocycles. The van der Waals surface area contributed by atoms with E-state index in [9.17, 15) is 0 Å². The summed E-state index contributed by atoms with van der Waals surface area (Å²) in [5.41, 5.74) is 8.82. The maximum atomic E-state index is 4.78. The third kappa shape index (κ3) is 7.44. The Hall–Kier alpha value is -5.26. The van der Waals surface area contributed by atoms with Crippen molar-refractivity contribution in [2.75, 3.05) is 9.80 Å². The van der Waals surface area contributed by atoms with Gasteiger partial charge < -0.3 is 9.80 Å². The SMILES string of the molecule is C#CCC.C=C(/C=C\C)N(c1ccccc1)c1ccc(-c2ccc(N(c3ccccc3)c3ccccc3)cc2)cc1. The lowest BCUT2D eigenvalue weighted by Gasteiger charge is -2.26. The van der Waals surface area contributed by atoms with Crippen molar-refractivity contribution in [3.05, 3.63) is 164 Å². The highest BCUT2D eigenvalue weighted by atomic mass is 15.1. The largest absolute Gasteiger partial charge is 0.311 e. The number of allylic oxidation sites excluding steroid dienone is 2. The highest BCUT2D eigenvalue weighted by Gasteiger charge is 2.13. The van der Waals surface area contributed by atoms with Gasteiger partial charge in [0, 0.05) is 40.6 Å². The second-order valence-electron chi connectivity index (χ2n) is 9.32. The van der Waals surface area contributed by atoms with Gasteiger partial charge in [0.1, 0.15) is 0 Å². The molecular formula is C39H36N2. The van der Waals surface area contributed by atoms with Gasteiger partial charge in [0.15, 0.2) is 0 Å². The van der Waals surface area contributed by atoms with Crippen molar-refractivity contribution in [1.82, 2.24) is 0 Å². The van der Waals surface area contributed by atoms with Crippen molar-refractivity contribution in [2.45, 2.75) is 20.3 Å². The van der Waals surface area contributed by atoms with Crippen LogP contribution in [-0.2, 0) is 0 Å². The van der Waals surface area contributed by atoms with Crippen LogP contribution < -0.4 is 9.80 Å². The Morgan fingerprint density at radius 3 is 1.34 bits per heavy atom. The average Bonchev–Trinajstić information content (AvgIpc) is 3.04. The minimum Gasteiger partial charge on any atom is -0.311 e. The van der Waals surface area contributed by atoms with E-state index in [1.54, 1.807) is 0 Å². The molecule has 0 fully saturated rings. The van der Waals surface area contributed by atoms with Crippen molar-refractivity contribution in [3.8, 4) is 23.5 Å². The van der Waals surface area contributed by atoms with E-state index in [4.69, 9.17) is 6.42 Å². The van der Waals surface area contributed by atoms with Crippen molar-refractivity contribution in [2.24, 2.45) is 0 Å². The van der Waals surface area contributed by atoms with Crippen LogP contribution >= 0.6 is 0 Å². The van der Waals surface area contributed by atoms with Crippen molar-refractivity contribution < 1.29 is 0 Å². The number of anilines is 5. The average molecular weight is 533 g/mol. The van der Waals surface area contributed by atoms with E-state index in [1.807, 2.05) is 44.2 Å². The van der Waals surface area contributed by atoms with Gasteiger partial charge in [-0.25, -0.2) is 0 Å². The quantitative estimate of drug-likeness (QED) is 0.145. The molecular weight excluding hydrogens is 496 g/mol. The number of para-hydroxylation sites is 3. The van der Waals surface area contributed by atoms with Crippen LogP contribution in [0, 0.1) is 12.3 Å². The van der Waals surface area contributed by atoms with Gasteiger partial charge in [-0.15, -0.1) is 12.3 Å². The normalized spacial score (nSPS) is 10.3. The molecule has 0 unspecified atom stereocenters. The number of terminal acetylenes is 1. The van der Waals surface area contributed by atoms with Crippen LogP contribution in [0.15, 0.2) is 164 Å². The molecule has 2 nitrogen and oxygen atoms in total. The summed E-state index contributed by atoms with van der Waals surface area (Å²) >= 11 is 0. The molecule has 41 heavy (non-hydrogen) atoms. The van der Waals surface area contributed by atoms with Crippen molar-refractivity contribution in [3.63, 3.8) is 0 Å². The van der Waals surface area contributed by atoms with Crippen LogP contribution in [0.3, 0.4) is 0 Å². The molecule has 0 atom stereocenters. The smallest absolute Gasteiger partial charge is 0.0462 e. The van der Waals surface area contributed by atoms with E-state index in [0.29, 0.717) is 0 Å².